The van der Waals surface area contributed by atoms with E-state index >= 15 is 0 Å². The third kappa shape index (κ3) is 2.98. The molecule has 2 aromatic carbocycles. The second-order valence-electron chi connectivity index (χ2n) is 5.58. The molecule has 0 saturated carbocycles. The summed E-state index contributed by atoms with van der Waals surface area (Å²) in [5.74, 6) is 0.187. The molecule has 26 heavy (non-hydrogen) atoms. The molecule has 0 bridgehead atoms. The number of fused-ring (bicyclic) bond motifs is 1. The number of rotatable bonds is 4. The molecule has 4 rings (SSSR count). The maximum absolute atomic E-state index is 12.7. The fourth-order valence-corrected chi connectivity index (χ4v) is 3.03. The van der Waals surface area contributed by atoms with Crippen molar-refractivity contribution in [3.8, 4) is 11.1 Å². The zero-order valence-electron chi connectivity index (χ0n) is 13.5. The van der Waals surface area contributed by atoms with Gasteiger partial charge in [-0.25, -0.2) is 10.4 Å². The minimum Gasteiger partial charge on any atom is -0.349 e. The Labute approximate surface area is 153 Å². The first-order chi connectivity index (χ1) is 12.7. The summed E-state index contributed by atoms with van der Waals surface area (Å²) in [5.41, 5.74) is 5.34. The molecule has 0 aliphatic rings. The number of aromatic amines is 2. The van der Waals surface area contributed by atoms with E-state index in [-0.39, 0.29) is 5.91 Å². The number of halogens is 1. The topological polar surface area (TPSA) is 85.9 Å². The van der Waals surface area contributed by atoms with Crippen LogP contribution in [0, 0.1) is 0 Å². The van der Waals surface area contributed by atoms with Gasteiger partial charge >= 0.3 is 0 Å². The van der Waals surface area contributed by atoms with E-state index in [9.17, 15) is 4.79 Å². The van der Waals surface area contributed by atoms with Crippen molar-refractivity contribution in [3.05, 3.63) is 77.5 Å². The molecule has 0 atom stereocenters. The largest absolute Gasteiger partial charge is 0.349 e. The predicted molar refractivity (Wildman–Crippen MR) is 102 cm³/mol. The number of imidazole rings is 1. The number of nitrogens with one attached hydrogen (secondary N) is 3. The summed E-state index contributed by atoms with van der Waals surface area (Å²) < 4.78 is 0. The number of para-hydroxylation sites is 1. The zero-order chi connectivity index (χ0) is 17.9. The average molecular weight is 364 g/mol. The van der Waals surface area contributed by atoms with Gasteiger partial charge in [0.25, 0.3) is 5.91 Å². The van der Waals surface area contributed by atoms with Crippen molar-refractivity contribution in [2.75, 3.05) is 0 Å². The maximum atomic E-state index is 12.7. The smallest absolute Gasteiger partial charge is 0.288 e. The highest BCUT2D eigenvalue weighted by atomic mass is 35.5. The van der Waals surface area contributed by atoms with E-state index in [0.29, 0.717) is 22.1 Å². The number of benzene rings is 2. The predicted octanol–water partition coefficient (Wildman–Crippen LogP) is 3.98. The lowest BCUT2D eigenvalue weighted by Gasteiger charge is -2.04. The second kappa shape index (κ2) is 6.85. The first kappa shape index (κ1) is 16.1. The number of hydrogen-bond acceptors (Lipinski definition) is 3. The van der Waals surface area contributed by atoms with E-state index in [1.54, 1.807) is 18.5 Å². The number of H-pyrrole nitrogens is 2. The fourth-order valence-electron chi connectivity index (χ4n) is 2.81. The summed E-state index contributed by atoms with van der Waals surface area (Å²) in [6.07, 6.45) is 4.72. The molecule has 0 aliphatic heterocycles. The number of hydrazone groups is 1. The maximum Gasteiger partial charge on any atom is 0.288 e. The van der Waals surface area contributed by atoms with Gasteiger partial charge in [-0.1, -0.05) is 54.1 Å². The molecule has 0 aliphatic carbocycles. The monoisotopic (exact) mass is 363 g/mol. The lowest BCUT2D eigenvalue weighted by atomic mass is 10.0. The Morgan fingerprint density at radius 3 is 2.77 bits per heavy atom. The summed E-state index contributed by atoms with van der Waals surface area (Å²) >= 11 is 6.30. The van der Waals surface area contributed by atoms with Crippen LogP contribution in [0.5, 0.6) is 0 Å². The van der Waals surface area contributed by atoms with Crippen LogP contribution in [0.25, 0.3) is 22.0 Å². The van der Waals surface area contributed by atoms with Crippen molar-refractivity contribution in [1.82, 2.24) is 20.4 Å². The summed E-state index contributed by atoms with van der Waals surface area (Å²) in [5, 5.41) is 5.38. The van der Waals surface area contributed by atoms with Gasteiger partial charge in [-0.3, -0.25) is 4.79 Å². The molecule has 128 valence electrons. The van der Waals surface area contributed by atoms with Gasteiger partial charge in [0.05, 0.1) is 16.8 Å². The molecule has 0 spiro atoms. The summed E-state index contributed by atoms with van der Waals surface area (Å²) in [6.45, 7) is 0. The Hall–Kier alpha value is -3.38. The van der Waals surface area contributed by atoms with E-state index in [4.69, 9.17) is 11.6 Å². The number of nitrogens with zero attached hydrogens (tertiary/aromatic N) is 2. The summed E-state index contributed by atoms with van der Waals surface area (Å²) in [4.78, 5) is 22.7. The third-order valence-corrected chi connectivity index (χ3v) is 4.26. The van der Waals surface area contributed by atoms with E-state index in [2.05, 4.69) is 25.5 Å². The van der Waals surface area contributed by atoms with Gasteiger partial charge in [0.1, 0.15) is 11.5 Å². The van der Waals surface area contributed by atoms with E-state index < -0.39 is 0 Å². The second-order valence-corrected chi connectivity index (χ2v) is 5.98. The van der Waals surface area contributed by atoms with Crippen LogP contribution in [0.2, 0.25) is 5.02 Å². The van der Waals surface area contributed by atoms with Gasteiger partial charge in [-0.15, -0.1) is 0 Å². The molecular weight excluding hydrogens is 350 g/mol. The molecule has 0 unspecified atom stereocenters. The van der Waals surface area contributed by atoms with Gasteiger partial charge in [-0.2, -0.15) is 5.10 Å². The molecular formula is C19H14ClN5O. The number of aromatic nitrogens is 3. The molecule has 6 nitrogen and oxygen atoms in total. The molecule has 4 aromatic rings. The van der Waals surface area contributed by atoms with Crippen LogP contribution < -0.4 is 5.43 Å². The molecule has 3 N–H and O–H groups in total. The number of hydrogen-bond donors (Lipinski definition) is 3. The van der Waals surface area contributed by atoms with Crippen LogP contribution >= 0.6 is 11.6 Å². The minimum absolute atomic E-state index is 0.362. The molecule has 0 fully saturated rings. The quantitative estimate of drug-likeness (QED) is 0.378. The first-order valence-electron chi connectivity index (χ1n) is 7.92. The first-order valence-corrected chi connectivity index (χ1v) is 8.30. The van der Waals surface area contributed by atoms with Crippen molar-refractivity contribution >= 4 is 34.6 Å². The van der Waals surface area contributed by atoms with Crippen LogP contribution in [0.4, 0.5) is 0 Å². The van der Waals surface area contributed by atoms with Crippen LogP contribution in [0.15, 0.2) is 66.0 Å². The van der Waals surface area contributed by atoms with Gasteiger partial charge in [0.15, 0.2) is 0 Å². The Morgan fingerprint density at radius 2 is 2.00 bits per heavy atom. The SMILES string of the molecule is O=C(N/N=C/c1ncc[nH]1)c1[nH]c2c(Cl)cccc2c1-c1ccccc1. The zero-order valence-corrected chi connectivity index (χ0v) is 14.3. The molecule has 0 saturated heterocycles. The normalized spacial score (nSPS) is 11.3. The summed E-state index contributed by atoms with van der Waals surface area (Å²) in [7, 11) is 0. The molecule has 2 aromatic heterocycles. The van der Waals surface area contributed by atoms with Gasteiger partial charge in [-0.05, 0) is 11.6 Å². The Bertz CT molecular complexity index is 1080. The van der Waals surface area contributed by atoms with Gasteiger partial charge in [0.2, 0.25) is 0 Å². The Kier molecular flexibility index (Phi) is 4.25. The highest BCUT2D eigenvalue weighted by molar-refractivity contribution is 6.36. The van der Waals surface area contributed by atoms with Crippen LogP contribution in [0.1, 0.15) is 16.3 Å². The van der Waals surface area contributed by atoms with E-state index in [0.717, 1.165) is 16.5 Å². The number of amides is 1. The summed E-state index contributed by atoms with van der Waals surface area (Å²) in [6, 6.07) is 15.3. The van der Waals surface area contributed by atoms with Crippen molar-refractivity contribution in [2.24, 2.45) is 5.10 Å². The van der Waals surface area contributed by atoms with Gasteiger partial charge < -0.3 is 9.97 Å². The van der Waals surface area contributed by atoms with Crippen molar-refractivity contribution in [3.63, 3.8) is 0 Å². The van der Waals surface area contributed by atoms with Gasteiger partial charge in [0, 0.05) is 23.3 Å². The molecule has 1 amide bonds. The van der Waals surface area contributed by atoms with E-state index in [1.165, 1.54) is 6.21 Å². The standard InChI is InChI=1S/C19H14ClN5O/c20-14-8-4-7-13-16(12-5-2-1-3-6-12)18(24-17(13)14)19(26)25-23-11-15-21-9-10-22-15/h1-11,24H,(H,21,22)(H,25,26)/b23-11+. The van der Waals surface area contributed by atoms with Crippen LogP contribution in [0.3, 0.4) is 0 Å². The van der Waals surface area contributed by atoms with Crippen molar-refractivity contribution < 1.29 is 4.79 Å². The molecule has 7 heteroatoms. The minimum atomic E-state index is -0.362. The van der Waals surface area contributed by atoms with Crippen LogP contribution in [-0.4, -0.2) is 27.1 Å². The van der Waals surface area contributed by atoms with E-state index in [1.807, 2.05) is 42.5 Å². The van der Waals surface area contributed by atoms with Crippen LogP contribution in [-0.2, 0) is 0 Å². The number of carbonyl (C=O) groups excluding carboxylic acids is 1. The lowest BCUT2D eigenvalue weighted by Crippen LogP contribution is -2.19. The van der Waals surface area contributed by atoms with Crippen molar-refractivity contribution in [1.29, 1.82) is 0 Å². The van der Waals surface area contributed by atoms with Crippen molar-refractivity contribution in [2.45, 2.75) is 0 Å². The fraction of sp³-hybridized carbons (Fsp3) is 0. The lowest BCUT2D eigenvalue weighted by molar-refractivity contribution is 0.0951. The Balaban J connectivity index is 1.76. The molecule has 2 heterocycles. The average Bonchev–Trinajstić information content (AvgIpc) is 3.30. The molecule has 0 radical (unpaired) electrons. The number of carbonyl (C=O) groups is 1. The third-order valence-electron chi connectivity index (χ3n) is 3.94. The highest BCUT2D eigenvalue weighted by Gasteiger charge is 2.20. The Morgan fingerprint density at radius 1 is 1.15 bits per heavy atom. The highest BCUT2D eigenvalue weighted by Crippen LogP contribution is 2.35.